The van der Waals surface area contributed by atoms with Crippen LogP contribution in [0.4, 0.5) is 0 Å². The first-order valence-corrected chi connectivity index (χ1v) is 6.82. The highest BCUT2D eigenvalue weighted by Gasteiger charge is 2.07. The van der Waals surface area contributed by atoms with Gasteiger partial charge in [-0.3, -0.25) is 4.79 Å². The van der Waals surface area contributed by atoms with Crippen molar-refractivity contribution in [1.82, 2.24) is 0 Å². The summed E-state index contributed by atoms with van der Waals surface area (Å²) in [7, 11) is 0. The van der Waals surface area contributed by atoms with E-state index >= 15 is 0 Å². The second-order valence-electron chi connectivity index (χ2n) is 3.69. The smallest absolute Gasteiger partial charge is 0.153 e. The average molecular weight is 297 g/mol. The maximum atomic E-state index is 11.0. The Morgan fingerprint density at radius 3 is 2.82 bits per heavy atom. The quantitative estimate of drug-likeness (QED) is 0.316. The lowest BCUT2D eigenvalue weighted by Crippen LogP contribution is -2.03. The molecule has 0 saturated carbocycles. The van der Waals surface area contributed by atoms with E-state index in [4.69, 9.17) is 4.74 Å². The molecule has 0 heterocycles. The number of rotatable bonds is 8. The molecule has 0 aromatic heterocycles. The number of hydrogen-bond donors (Lipinski definition) is 0. The van der Waals surface area contributed by atoms with Crippen molar-refractivity contribution in [3.05, 3.63) is 42.0 Å². The number of allylic oxidation sites excluding steroid dienone is 1. The molecule has 0 saturated heterocycles. The van der Waals surface area contributed by atoms with Crippen molar-refractivity contribution < 1.29 is 9.53 Å². The van der Waals surface area contributed by atoms with E-state index in [1.807, 2.05) is 18.2 Å². The van der Waals surface area contributed by atoms with Crippen LogP contribution in [0.15, 0.2) is 30.9 Å². The fourth-order valence-electron chi connectivity index (χ4n) is 1.56. The van der Waals surface area contributed by atoms with Crippen molar-refractivity contribution in [3.8, 4) is 5.75 Å². The number of ether oxygens (including phenoxy) is 1. The molecule has 0 amide bonds. The summed E-state index contributed by atoms with van der Waals surface area (Å²) in [5.41, 5.74) is 1.63. The Labute approximate surface area is 111 Å². The summed E-state index contributed by atoms with van der Waals surface area (Å²) in [6, 6.07) is 5.61. The summed E-state index contributed by atoms with van der Waals surface area (Å²) in [4.78, 5) is 11.0. The molecular formula is C14H17BrO2. The standard InChI is InChI=1S/C14H17BrO2/c1-2-6-12-7-5-8-13(11-16)14(12)17-10-4-3-9-15/h2,5,7-8,11H,1,3-4,6,9-10H2. The van der Waals surface area contributed by atoms with Crippen LogP contribution in [0.1, 0.15) is 28.8 Å². The average Bonchev–Trinajstić information content (AvgIpc) is 2.36. The SMILES string of the molecule is C=CCc1cccc(C=O)c1OCCCCBr. The summed E-state index contributed by atoms with van der Waals surface area (Å²) in [5, 5.41) is 0.977. The summed E-state index contributed by atoms with van der Waals surface area (Å²) in [6.45, 7) is 4.35. The van der Waals surface area contributed by atoms with Gasteiger partial charge in [-0.05, 0) is 30.9 Å². The number of halogens is 1. The molecular weight excluding hydrogens is 280 g/mol. The van der Waals surface area contributed by atoms with Gasteiger partial charge in [0, 0.05) is 5.33 Å². The van der Waals surface area contributed by atoms with E-state index in [2.05, 4.69) is 22.5 Å². The first-order valence-electron chi connectivity index (χ1n) is 5.70. The summed E-state index contributed by atoms with van der Waals surface area (Å²) < 4.78 is 5.71. The normalized spacial score (nSPS) is 9.94. The molecule has 0 radical (unpaired) electrons. The van der Waals surface area contributed by atoms with Crippen molar-refractivity contribution in [2.75, 3.05) is 11.9 Å². The fraction of sp³-hybridized carbons (Fsp3) is 0.357. The highest BCUT2D eigenvalue weighted by atomic mass is 79.9. The first-order chi connectivity index (χ1) is 8.33. The monoisotopic (exact) mass is 296 g/mol. The zero-order valence-corrected chi connectivity index (χ0v) is 11.4. The number of hydrogen-bond acceptors (Lipinski definition) is 2. The van der Waals surface area contributed by atoms with E-state index < -0.39 is 0 Å². The number of unbranched alkanes of at least 4 members (excludes halogenated alkanes) is 1. The minimum atomic E-state index is 0.614. The summed E-state index contributed by atoms with van der Waals surface area (Å²) >= 11 is 3.38. The molecule has 0 fully saturated rings. The zero-order chi connectivity index (χ0) is 12.5. The molecule has 1 aromatic rings. The molecule has 0 bridgehead atoms. The fourth-order valence-corrected chi connectivity index (χ4v) is 1.96. The van der Waals surface area contributed by atoms with Gasteiger partial charge in [-0.2, -0.15) is 0 Å². The lowest BCUT2D eigenvalue weighted by Gasteiger charge is -2.12. The summed E-state index contributed by atoms with van der Waals surface area (Å²) in [6.07, 6.45) is 5.42. The van der Waals surface area contributed by atoms with Crippen molar-refractivity contribution >= 4 is 22.2 Å². The van der Waals surface area contributed by atoms with Crippen molar-refractivity contribution in [1.29, 1.82) is 0 Å². The van der Waals surface area contributed by atoms with Crippen LogP contribution >= 0.6 is 15.9 Å². The predicted octanol–water partition coefficient (Wildman–Crippen LogP) is 3.78. The third kappa shape index (κ3) is 4.35. The van der Waals surface area contributed by atoms with E-state index in [-0.39, 0.29) is 0 Å². The Kier molecular flexibility index (Phi) is 6.63. The molecule has 1 aromatic carbocycles. The molecule has 0 N–H and O–H groups in total. The number of alkyl halides is 1. The van der Waals surface area contributed by atoms with Crippen LogP contribution in [0, 0.1) is 0 Å². The Morgan fingerprint density at radius 2 is 2.18 bits per heavy atom. The molecule has 92 valence electrons. The Bertz CT molecular complexity index is 374. The molecule has 0 atom stereocenters. The van der Waals surface area contributed by atoms with Gasteiger partial charge in [-0.25, -0.2) is 0 Å². The Balaban J connectivity index is 2.77. The van der Waals surface area contributed by atoms with Gasteiger partial charge in [0.1, 0.15) is 5.75 Å². The van der Waals surface area contributed by atoms with E-state index in [0.29, 0.717) is 17.9 Å². The van der Waals surface area contributed by atoms with Crippen molar-refractivity contribution in [2.24, 2.45) is 0 Å². The summed E-state index contributed by atoms with van der Waals surface area (Å²) in [5.74, 6) is 0.706. The van der Waals surface area contributed by atoms with Gasteiger partial charge >= 0.3 is 0 Å². The molecule has 2 nitrogen and oxygen atoms in total. The largest absolute Gasteiger partial charge is 0.493 e. The van der Waals surface area contributed by atoms with Gasteiger partial charge in [0.05, 0.1) is 12.2 Å². The predicted molar refractivity (Wildman–Crippen MR) is 74.3 cm³/mol. The highest BCUT2D eigenvalue weighted by Crippen LogP contribution is 2.24. The van der Waals surface area contributed by atoms with Gasteiger partial charge in [0.25, 0.3) is 0 Å². The van der Waals surface area contributed by atoms with Gasteiger partial charge < -0.3 is 4.74 Å². The molecule has 17 heavy (non-hydrogen) atoms. The second-order valence-corrected chi connectivity index (χ2v) is 4.48. The van der Waals surface area contributed by atoms with Crippen LogP contribution < -0.4 is 4.74 Å². The van der Waals surface area contributed by atoms with Crippen LogP contribution in [0.2, 0.25) is 0 Å². The van der Waals surface area contributed by atoms with Crippen LogP contribution in [0.5, 0.6) is 5.75 Å². The van der Waals surface area contributed by atoms with Gasteiger partial charge in [-0.1, -0.05) is 34.1 Å². The Hall–Kier alpha value is -1.09. The number of carbonyl (C=O) groups is 1. The van der Waals surface area contributed by atoms with Gasteiger partial charge in [0.15, 0.2) is 6.29 Å². The Morgan fingerprint density at radius 1 is 1.35 bits per heavy atom. The van der Waals surface area contributed by atoms with Crippen molar-refractivity contribution in [3.63, 3.8) is 0 Å². The minimum Gasteiger partial charge on any atom is -0.493 e. The van der Waals surface area contributed by atoms with Gasteiger partial charge in [-0.15, -0.1) is 6.58 Å². The molecule has 0 aliphatic rings. The van der Waals surface area contributed by atoms with E-state index in [1.165, 1.54) is 0 Å². The van der Waals surface area contributed by atoms with Crippen LogP contribution in [-0.2, 0) is 6.42 Å². The molecule has 0 aliphatic heterocycles. The lowest BCUT2D eigenvalue weighted by molar-refractivity contribution is 0.111. The van der Waals surface area contributed by atoms with Gasteiger partial charge in [0.2, 0.25) is 0 Å². The van der Waals surface area contributed by atoms with Crippen LogP contribution in [0.3, 0.4) is 0 Å². The zero-order valence-electron chi connectivity index (χ0n) is 9.82. The first kappa shape index (κ1) is 14.0. The number of aldehydes is 1. The number of para-hydroxylation sites is 1. The lowest BCUT2D eigenvalue weighted by atomic mass is 10.1. The second kappa shape index (κ2) is 8.07. The number of carbonyl (C=O) groups excluding carboxylic acids is 1. The third-order valence-corrected chi connectivity index (χ3v) is 2.95. The van der Waals surface area contributed by atoms with Crippen LogP contribution in [-0.4, -0.2) is 18.2 Å². The molecule has 1 rings (SSSR count). The maximum Gasteiger partial charge on any atom is 0.153 e. The minimum absolute atomic E-state index is 0.614. The molecule has 0 unspecified atom stereocenters. The molecule has 0 spiro atoms. The molecule has 0 aliphatic carbocycles. The van der Waals surface area contributed by atoms with Crippen molar-refractivity contribution in [2.45, 2.75) is 19.3 Å². The third-order valence-electron chi connectivity index (χ3n) is 2.39. The van der Waals surface area contributed by atoms with E-state index in [9.17, 15) is 4.79 Å². The highest BCUT2D eigenvalue weighted by molar-refractivity contribution is 9.09. The number of benzene rings is 1. The maximum absolute atomic E-state index is 11.0. The topological polar surface area (TPSA) is 26.3 Å². The van der Waals surface area contributed by atoms with E-state index in [1.54, 1.807) is 6.07 Å². The molecule has 3 heteroatoms. The van der Waals surface area contributed by atoms with E-state index in [0.717, 1.165) is 36.4 Å². The van der Waals surface area contributed by atoms with Crippen LogP contribution in [0.25, 0.3) is 0 Å².